The Kier molecular flexibility index (Phi) is 3.98. The van der Waals surface area contributed by atoms with Gasteiger partial charge in [-0.25, -0.2) is 4.39 Å². The lowest BCUT2D eigenvalue weighted by Crippen LogP contribution is -2.22. The Labute approximate surface area is 116 Å². The second kappa shape index (κ2) is 5.49. The molecular weight excluding hydrogens is 319 g/mol. The van der Waals surface area contributed by atoms with Crippen LogP contribution in [0.5, 0.6) is 0 Å². The Morgan fingerprint density at radius 3 is 2.89 bits per heavy atom. The highest BCUT2D eigenvalue weighted by atomic mass is 79.9. The van der Waals surface area contributed by atoms with Gasteiger partial charge >= 0.3 is 0 Å². The molecule has 0 bridgehead atoms. The van der Waals surface area contributed by atoms with E-state index < -0.39 is 0 Å². The van der Waals surface area contributed by atoms with Crippen LogP contribution in [0.1, 0.15) is 15.2 Å². The average Bonchev–Trinajstić information content (AvgIpc) is 2.76. The SMILES string of the molecule is Nc1ccsc1C(=O)NCc1cc(F)ccc1Br. The number of benzene rings is 1. The van der Waals surface area contributed by atoms with Gasteiger partial charge in [-0.1, -0.05) is 15.9 Å². The molecule has 18 heavy (non-hydrogen) atoms. The number of nitrogen functional groups attached to an aromatic ring is 1. The van der Waals surface area contributed by atoms with Crippen LogP contribution in [-0.2, 0) is 6.54 Å². The monoisotopic (exact) mass is 328 g/mol. The molecule has 1 aromatic heterocycles. The van der Waals surface area contributed by atoms with Crippen molar-refractivity contribution in [3.63, 3.8) is 0 Å². The molecule has 2 rings (SSSR count). The minimum atomic E-state index is -0.335. The van der Waals surface area contributed by atoms with Crippen molar-refractivity contribution in [2.75, 3.05) is 5.73 Å². The van der Waals surface area contributed by atoms with Crippen molar-refractivity contribution >= 4 is 38.9 Å². The van der Waals surface area contributed by atoms with Crippen LogP contribution >= 0.6 is 27.3 Å². The van der Waals surface area contributed by atoms with Crippen LogP contribution in [0.2, 0.25) is 0 Å². The zero-order valence-electron chi connectivity index (χ0n) is 9.24. The average molecular weight is 329 g/mol. The summed E-state index contributed by atoms with van der Waals surface area (Å²) in [5.41, 5.74) is 6.78. The molecule has 1 aromatic carbocycles. The van der Waals surface area contributed by atoms with E-state index in [1.165, 1.54) is 23.5 Å². The molecule has 0 aliphatic heterocycles. The fourth-order valence-corrected chi connectivity index (χ4v) is 2.56. The molecule has 94 valence electrons. The van der Waals surface area contributed by atoms with Crippen LogP contribution in [0.4, 0.5) is 10.1 Å². The minimum absolute atomic E-state index is 0.245. The summed E-state index contributed by atoms with van der Waals surface area (Å²) in [6.07, 6.45) is 0. The number of rotatable bonds is 3. The fraction of sp³-hybridized carbons (Fsp3) is 0.0833. The molecule has 6 heteroatoms. The number of thiophene rings is 1. The molecule has 3 N–H and O–H groups in total. The van der Waals surface area contributed by atoms with Crippen LogP contribution in [0.25, 0.3) is 0 Å². The van der Waals surface area contributed by atoms with E-state index >= 15 is 0 Å². The maximum atomic E-state index is 13.1. The second-order valence-electron chi connectivity index (χ2n) is 3.62. The number of amides is 1. The highest BCUT2D eigenvalue weighted by molar-refractivity contribution is 9.10. The van der Waals surface area contributed by atoms with Crippen LogP contribution in [0.3, 0.4) is 0 Å². The predicted molar refractivity (Wildman–Crippen MR) is 74.0 cm³/mol. The highest BCUT2D eigenvalue weighted by Crippen LogP contribution is 2.20. The highest BCUT2D eigenvalue weighted by Gasteiger charge is 2.11. The summed E-state index contributed by atoms with van der Waals surface area (Å²) in [7, 11) is 0. The number of nitrogens with one attached hydrogen (secondary N) is 1. The largest absolute Gasteiger partial charge is 0.397 e. The van der Waals surface area contributed by atoms with Crippen LogP contribution in [0, 0.1) is 5.82 Å². The van der Waals surface area contributed by atoms with Crippen molar-refractivity contribution in [3.05, 3.63) is 50.4 Å². The third-order valence-electron chi connectivity index (χ3n) is 2.35. The lowest BCUT2D eigenvalue weighted by molar-refractivity contribution is 0.0955. The first-order valence-corrected chi connectivity index (χ1v) is 6.80. The smallest absolute Gasteiger partial charge is 0.263 e. The van der Waals surface area contributed by atoms with Crippen molar-refractivity contribution in [2.45, 2.75) is 6.54 Å². The van der Waals surface area contributed by atoms with Crippen molar-refractivity contribution in [1.82, 2.24) is 5.32 Å². The molecule has 2 aromatic rings. The van der Waals surface area contributed by atoms with E-state index in [4.69, 9.17) is 5.73 Å². The van der Waals surface area contributed by atoms with E-state index in [9.17, 15) is 9.18 Å². The molecule has 0 radical (unpaired) electrons. The fourth-order valence-electron chi connectivity index (χ4n) is 1.44. The van der Waals surface area contributed by atoms with Crippen molar-refractivity contribution in [2.24, 2.45) is 0 Å². The lowest BCUT2D eigenvalue weighted by atomic mass is 10.2. The molecule has 0 fully saturated rings. The van der Waals surface area contributed by atoms with E-state index in [1.54, 1.807) is 17.5 Å². The van der Waals surface area contributed by atoms with Gasteiger partial charge in [0, 0.05) is 11.0 Å². The van der Waals surface area contributed by atoms with Gasteiger partial charge in [0.25, 0.3) is 5.91 Å². The molecule has 1 amide bonds. The third-order valence-corrected chi connectivity index (χ3v) is 4.05. The van der Waals surface area contributed by atoms with E-state index in [0.717, 1.165) is 4.47 Å². The van der Waals surface area contributed by atoms with Gasteiger partial charge < -0.3 is 11.1 Å². The van der Waals surface area contributed by atoms with Crippen LogP contribution in [0.15, 0.2) is 34.1 Å². The van der Waals surface area contributed by atoms with Gasteiger partial charge in [-0.2, -0.15) is 0 Å². The molecule has 0 saturated heterocycles. The number of halogens is 2. The molecule has 1 heterocycles. The zero-order chi connectivity index (χ0) is 13.1. The first-order chi connectivity index (χ1) is 8.58. The van der Waals surface area contributed by atoms with Gasteiger partial charge in [0.05, 0.1) is 5.69 Å². The summed E-state index contributed by atoms with van der Waals surface area (Å²) in [6, 6.07) is 6.02. The molecule has 0 spiro atoms. The topological polar surface area (TPSA) is 55.1 Å². The van der Waals surface area contributed by atoms with Gasteiger partial charge in [0.2, 0.25) is 0 Å². The Hall–Kier alpha value is -1.40. The summed E-state index contributed by atoms with van der Waals surface area (Å²) in [4.78, 5) is 12.3. The van der Waals surface area contributed by atoms with E-state index in [1.807, 2.05) is 0 Å². The van der Waals surface area contributed by atoms with Gasteiger partial charge in [-0.05, 0) is 35.2 Å². The van der Waals surface area contributed by atoms with Crippen LogP contribution in [-0.4, -0.2) is 5.91 Å². The summed E-state index contributed by atoms with van der Waals surface area (Å²) in [6.45, 7) is 0.245. The summed E-state index contributed by atoms with van der Waals surface area (Å²) < 4.78 is 13.8. The Balaban J connectivity index is 2.06. The summed E-state index contributed by atoms with van der Waals surface area (Å²) in [5, 5.41) is 4.46. The van der Waals surface area contributed by atoms with E-state index in [2.05, 4.69) is 21.2 Å². The maximum Gasteiger partial charge on any atom is 0.263 e. The molecule has 3 nitrogen and oxygen atoms in total. The van der Waals surface area contributed by atoms with Gasteiger partial charge in [0.15, 0.2) is 0 Å². The summed E-state index contributed by atoms with van der Waals surface area (Å²) >= 11 is 4.58. The van der Waals surface area contributed by atoms with Gasteiger partial charge in [0.1, 0.15) is 10.7 Å². The quantitative estimate of drug-likeness (QED) is 0.909. The van der Waals surface area contributed by atoms with Crippen molar-refractivity contribution in [1.29, 1.82) is 0 Å². The Morgan fingerprint density at radius 2 is 2.22 bits per heavy atom. The standard InChI is InChI=1S/C12H10BrFN2OS/c13-9-2-1-8(14)5-7(9)6-16-12(17)11-10(15)3-4-18-11/h1-5H,6,15H2,(H,16,17). The molecule has 0 aliphatic rings. The number of hydrogen-bond donors (Lipinski definition) is 2. The number of hydrogen-bond acceptors (Lipinski definition) is 3. The summed E-state index contributed by atoms with van der Waals surface area (Å²) in [5.74, 6) is -0.586. The number of anilines is 1. The van der Waals surface area contributed by atoms with Crippen molar-refractivity contribution in [3.8, 4) is 0 Å². The number of nitrogens with two attached hydrogens (primary N) is 1. The molecule has 0 atom stereocenters. The molecular formula is C12H10BrFN2OS. The van der Waals surface area contributed by atoms with Crippen molar-refractivity contribution < 1.29 is 9.18 Å². The van der Waals surface area contributed by atoms with Gasteiger partial charge in [-0.3, -0.25) is 4.79 Å². The maximum absolute atomic E-state index is 13.1. The molecule has 0 aliphatic carbocycles. The normalized spacial score (nSPS) is 10.3. The first-order valence-electron chi connectivity index (χ1n) is 5.13. The lowest BCUT2D eigenvalue weighted by Gasteiger charge is -2.07. The van der Waals surface area contributed by atoms with E-state index in [0.29, 0.717) is 16.1 Å². The predicted octanol–water partition coefficient (Wildman–Crippen LogP) is 3.16. The second-order valence-corrected chi connectivity index (χ2v) is 5.39. The third kappa shape index (κ3) is 2.88. The Morgan fingerprint density at radius 1 is 1.44 bits per heavy atom. The zero-order valence-corrected chi connectivity index (χ0v) is 11.6. The first kappa shape index (κ1) is 13.0. The molecule has 0 saturated carbocycles. The number of carbonyl (C=O) groups excluding carboxylic acids is 1. The molecule has 0 unspecified atom stereocenters. The minimum Gasteiger partial charge on any atom is -0.397 e. The number of carbonyl (C=O) groups is 1. The van der Waals surface area contributed by atoms with Crippen LogP contribution < -0.4 is 11.1 Å². The van der Waals surface area contributed by atoms with Gasteiger partial charge in [-0.15, -0.1) is 11.3 Å². The Bertz CT molecular complexity index is 585. The van der Waals surface area contributed by atoms with E-state index in [-0.39, 0.29) is 18.3 Å².